The molecule has 0 aliphatic carbocycles. The Morgan fingerprint density at radius 1 is 1.08 bits per heavy atom. The number of benzene rings is 3. The lowest BCUT2D eigenvalue weighted by molar-refractivity contribution is -0.384. The highest BCUT2D eigenvalue weighted by Crippen LogP contribution is 2.38. The minimum absolute atomic E-state index is 0.0353. The minimum atomic E-state index is -0.911. The molecule has 0 radical (unpaired) electrons. The standard InChI is InChI=1S/C25H18BrN3O8/c1-36-21-12-15(11-20(26)22(21)37-13-14-2-4-17(5-3-14)29(34)35)10-19-23(31)27-25(33)28(24(19)32)16-6-8-18(30)9-7-16/h2-12,30H,13H2,1H3,(H,27,31,33)/b19-10+. The van der Waals surface area contributed by atoms with Gasteiger partial charge in [-0.1, -0.05) is 0 Å². The Hall–Kier alpha value is -4.71. The number of imide groups is 2. The zero-order valence-electron chi connectivity index (χ0n) is 19.1. The Morgan fingerprint density at radius 2 is 1.76 bits per heavy atom. The number of phenols is 1. The SMILES string of the molecule is COc1cc(/C=C2\C(=O)NC(=O)N(c3ccc(O)cc3)C2=O)cc(Br)c1OCc1ccc([N+](=O)[O-])cc1. The quantitative estimate of drug-likeness (QED) is 0.185. The molecule has 4 rings (SSSR count). The number of methoxy groups -OCH3 is 1. The summed E-state index contributed by atoms with van der Waals surface area (Å²) in [6, 6.07) is 13.5. The lowest BCUT2D eigenvalue weighted by Crippen LogP contribution is -2.54. The lowest BCUT2D eigenvalue weighted by Gasteiger charge is -2.26. The van der Waals surface area contributed by atoms with Crippen molar-refractivity contribution in [2.24, 2.45) is 0 Å². The largest absolute Gasteiger partial charge is 0.508 e. The molecule has 12 heteroatoms. The fourth-order valence-electron chi connectivity index (χ4n) is 3.49. The van der Waals surface area contributed by atoms with Gasteiger partial charge in [0, 0.05) is 12.1 Å². The summed E-state index contributed by atoms with van der Waals surface area (Å²) in [4.78, 5) is 49.0. The first kappa shape index (κ1) is 25.4. The highest BCUT2D eigenvalue weighted by Gasteiger charge is 2.36. The number of anilines is 1. The molecule has 37 heavy (non-hydrogen) atoms. The fraction of sp³-hybridized carbons (Fsp3) is 0.0800. The molecule has 1 saturated heterocycles. The van der Waals surface area contributed by atoms with Crippen molar-refractivity contribution in [2.75, 3.05) is 12.0 Å². The minimum Gasteiger partial charge on any atom is -0.508 e. The molecule has 11 nitrogen and oxygen atoms in total. The van der Waals surface area contributed by atoms with Gasteiger partial charge < -0.3 is 14.6 Å². The Balaban J connectivity index is 1.60. The molecular formula is C25H18BrN3O8. The molecule has 0 unspecified atom stereocenters. The van der Waals surface area contributed by atoms with E-state index in [1.807, 2.05) is 0 Å². The molecule has 2 N–H and O–H groups in total. The van der Waals surface area contributed by atoms with Crippen molar-refractivity contribution >= 4 is 51.2 Å². The van der Waals surface area contributed by atoms with Gasteiger partial charge in [0.25, 0.3) is 17.5 Å². The maximum atomic E-state index is 13.1. The number of halogens is 1. The van der Waals surface area contributed by atoms with Crippen molar-refractivity contribution in [1.82, 2.24) is 5.32 Å². The van der Waals surface area contributed by atoms with Crippen LogP contribution in [0, 0.1) is 10.1 Å². The normalized spacial score (nSPS) is 14.5. The van der Waals surface area contributed by atoms with Crippen LogP contribution in [0.4, 0.5) is 16.2 Å². The monoisotopic (exact) mass is 567 g/mol. The van der Waals surface area contributed by atoms with E-state index in [1.54, 1.807) is 24.3 Å². The Labute approximate surface area is 218 Å². The zero-order chi connectivity index (χ0) is 26.7. The lowest BCUT2D eigenvalue weighted by atomic mass is 10.1. The van der Waals surface area contributed by atoms with Gasteiger partial charge in [-0.3, -0.25) is 25.0 Å². The number of urea groups is 1. The van der Waals surface area contributed by atoms with Crippen molar-refractivity contribution < 1.29 is 33.9 Å². The van der Waals surface area contributed by atoms with Crippen LogP contribution in [-0.4, -0.2) is 35.0 Å². The van der Waals surface area contributed by atoms with Crippen LogP contribution in [0.25, 0.3) is 6.08 Å². The van der Waals surface area contributed by atoms with Crippen LogP contribution in [0.2, 0.25) is 0 Å². The number of hydrogen-bond acceptors (Lipinski definition) is 8. The molecule has 1 fully saturated rings. The van der Waals surface area contributed by atoms with E-state index < -0.39 is 22.8 Å². The van der Waals surface area contributed by atoms with Crippen LogP contribution in [0.5, 0.6) is 17.2 Å². The van der Waals surface area contributed by atoms with Gasteiger partial charge in [-0.15, -0.1) is 0 Å². The number of nitrogens with zero attached hydrogens (tertiary/aromatic N) is 2. The molecule has 0 bridgehead atoms. The molecule has 4 amide bonds. The van der Waals surface area contributed by atoms with E-state index in [2.05, 4.69) is 21.2 Å². The molecule has 0 aromatic heterocycles. The van der Waals surface area contributed by atoms with E-state index in [0.717, 1.165) is 4.90 Å². The molecular weight excluding hydrogens is 550 g/mol. The molecule has 0 atom stereocenters. The zero-order valence-corrected chi connectivity index (χ0v) is 20.7. The first-order chi connectivity index (χ1) is 17.7. The van der Waals surface area contributed by atoms with Gasteiger partial charge in [0.05, 0.1) is 22.2 Å². The van der Waals surface area contributed by atoms with Gasteiger partial charge >= 0.3 is 6.03 Å². The van der Waals surface area contributed by atoms with E-state index in [9.17, 15) is 29.6 Å². The fourth-order valence-corrected chi connectivity index (χ4v) is 4.07. The Morgan fingerprint density at radius 3 is 2.38 bits per heavy atom. The third-order valence-corrected chi connectivity index (χ3v) is 5.89. The van der Waals surface area contributed by atoms with Gasteiger partial charge in [0.2, 0.25) is 0 Å². The second kappa shape index (κ2) is 10.5. The van der Waals surface area contributed by atoms with Crippen molar-refractivity contribution in [3.8, 4) is 17.2 Å². The highest BCUT2D eigenvalue weighted by atomic mass is 79.9. The summed E-state index contributed by atoms with van der Waals surface area (Å²) in [6.07, 6.45) is 1.31. The third-order valence-electron chi connectivity index (χ3n) is 5.30. The average molecular weight is 568 g/mol. The second-order valence-electron chi connectivity index (χ2n) is 7.72. The van der Waals surface area contributed by atoms with Crippen LogP contribution < -0.4 is 19.7 Å². The van der Waals surface area contributed by atoms with E-state index >= 15 is 0 Å². The van der Waals surface area contributed by atoms with Crippen molar-refractivity contribution in [3.05, 3.63) is 92.0 Å². The van der Waals surface area contributed by atoms with Crippen molar-refractivity contribution in [2.45, 2.75) is 6.61 Å². The number of phenolic OH excluding ortho intramolecular Hbond substituents is 1. The number of rotatable bonds is 7. The molecule has 0 saturated carbocycles. The topological polar surface area (TPSA) is 148 Å². The summed E-state index contributed by atoms with van der Waals surface area (Å²) >= 11 is 3.41. The van der Waals surface area contributed by atoms with Gasteiger partial charge in [-0.05, 0) is 81.7 Å². The molecule has 1 aliphatic rings. The number of amides is 4. The number of carbonyl (C=O) groups is 3. The second-order valence-corrected chi connectivity index (χ2v) is 8.57. The highest BCUT2D eigenvalue weighted by molar-refractivity contribution is 9.10. The summed E-state index contributed by atoms with van der Waals surface area (Å²) in [5, 5.41) is 22.4. The summed E-state index contributed by atoms with van der Waals surface area (Å²) in [7, 11) is 1.42. The maximum Gasteiger partial charge on any atom is 0.335 e. The molecule has 3 aromatic rings. The molecule has 1 aliphatic heterocycles. The van der Waals surface area contributed by atoms with E-state index in [0.29, 0.717) is 27.1 Å². The molecule has 188 valence electrons. The third kappa shape index (κ3) is 5.43. The number of hydrogen-bond donors (Lipinski definition) is 2. The van der Waals surface area contributed by atoms with Crippen LogP contribution in [-0.2, 0) is 16.2 Å². The smallest absolute Gasteiger partial charge is 0.335 e. The van der Waals surface area contributed by atoms with Crippen LogP contribution in [0.3, 0.4) is 0 Å². The number of barbiturate groups is 1. The van der Waals surface area contributed by atoms with Crippen molar-refractivity contribution in [3.63, 3.8) is 0 Å². The number of carbonyl (C=O) groups excluding carboxylic acids is 3. The van der Waals surface area contributed by atoms with Gasteiger partial charge in [0.1, 0.15) is 17.9 Å². The summed E-state index contributed by atoms with van der Waals surface area (Å²) in [6.45, 7) is 0.0952. The number of non-ortho nitro benzene ring substituents is 1. The molecule has 1 heterocycles. The van der Waals surface area contributed by atoms with Crippen LogP contribution in [0.15, 0.2) is 70.7 Å². The Bertz CT molecular complexity index is 1440. The summed E-state index contributed by atoms with van der Waals surface area (Å²) in [5.74, 6) is -1.12. The first-order valence-corrected chi connectivity index (χ1v) is 11.4. The van der Waals surface area contributed by atoms with E-state index in [1.165, 1.54) is 49.6 Å². The number of nitro benzene ring substituents is 1. The Kier molecular flexibility index (Phi) is 7.20. The van der Waals surface area contributed by atoms with E-state index in [4.69, 9.17) is 9.47 Å². The summed E-state index contributed by atoms with van der Waals surface area (Å²) < 4.78 is 11.7. The van der Waals surface area contributed by atoms with Gasteiger partial charge in [-0.2, -0.15) is 0 Å². The van der Waals surface area contributed by atoms with Crippen molar-refractivity contribution in [1.29, 1.82) is 0 Å². The number of aromatic hydroxyl groups is 1. The van der Waals surface area contributed by atoms with E-state index in [-0.39, 0.29) is 29.3 Å². The van der Waals surface area contributed by atoms with Gasteiger partial charge in [-0.25, -0.2) is 9.69 Å². The maximum absolute atomic E-state index is 13.1. The number of ether oxygens (including phenoxy) is 2. The predicted molar refractivity (Wildman–Crippen MR) is 135 cm³/mol. The number of nitro groups is 1. The van der Waals surface area contributed by atoms with Crippen LogP contribution >= 0.6 is 15.9 Å². The average Bonchev–Trinajstić information content (AvgIpc) is 2.87. The summed E-state index contributed by atoms with van der Waals surface area (Å²) in [5.41, 5.74) is 0.944. The predicted octanol–water partition coefficient (Wildman–Crippen LogP) is 4.32. The first-order valence-electron chi connectivity index (χ1n) is 10.6. The molecule has 0 spiro atoms. The number of nitrogens with one attached hydrogen (secondary N) is 1. The van der Waals surface area contributed by atoms with Crippen LogP contribution in [0.1, 0.15) is 11.1 Å². The van der Waals surface area contributed by atoms with Gasteiger partial charge in [0.15, 0.2) is 11.5 Å². The molecule has 3 aromatic carbocycles.